The monoisotopic (exact) mass is 275 g/mol. The second-order valence-electron chi connectivity index (χ2n) is 3.74. The van der Waals surface area contributed by atoms with Crippen LogP contribution in [0.1, 0.15) is 18.5 Å². The minimum absolute atomic E-state index is 0.150. The van der Waals surface area contributed by atoms with Gasteiger partial charge < -0.3 is 20.5 Å². The highest BCUT2D eigenvalue weighted by Gasteiger charge is 2.26. The second-order valence-corrected chi connectivity index (χ2v) is 5.25. The Bertz CT molecular complexity index is 427. The minimum Gasteiger partial charge on any atom is -0.369 e. The normalized spacial score (nSPS) is 12.7. The SMILES string of the molecule is CN=C(N)N(CCCCc1c[nH]cn1)P(=O)(O)O. The maximum atomic E-state index is 11.2. The van der Waals surface area contributed by atoms with Crippen LogP contribution in [0, 0.1) is 0 Å². The van der Waals surface area contributed by atoms with Gasteiger partial charge in [-0.1, -0.05) is 0 Å². The predicted octanol–water partition coefficient (Wildman–Crippen LogP) is 0.0716. The van der Waals surface area contributed by atoms with E-state index in [0.717, 1.165) is 23.2 Å². The van der Waals surface area contributed by atoms with Gasteiger partial charge in [-0.3, -0.25) is 4.99 Å². The van der Waals surface area contributed by atoms with Gasteiger partial charge >= 0.3 is 7.75 Å². The first kappa shape index (κ1) is 14.7. The lowest BCUT2D eigenvalue weighted by Crippen LogP contribution is -2.35. The highest BCUT2D eigenvalue weighted by molar-refractivity contribution is 7.49. The molecule has 9 heteroatoms. The van der Waals surface area contributed by atoms with Gasteiger partial charge in [0.15, 0.2) is 5.96 Å². The molecule has 1 aromatic rings. The highest BCUT2D eigenvalue weighted by Crippen LogP contribution is 2.39. The first-order valence-corrected chi connectivity index (χ1v) is 7.05. The highest BCUT2D eigenvalue weighted by atomic mass is 31.2. The number of nitrogens with one attached hydrogen (secondary N) is 1. The van der Waals surface area contributed by atoms with E-state index in [4.69, 9.17) is 15.5 Å². The molecule has 0 spiro atoms. The Labute approximate surface area is 105 Å². The zero-order valence-corrected chi connectivity index (χ0v) is 11.0. The van der Waals surface area contributed by atoms with E-state index in [1.54, 1.807) is 12.5 Å². The summed E-state index contributed by atoms with van der Waals surface area (Å²) in [5.41, 5.74) is 6.37. The molecule has 0 saturated heterocycles. The molecule has 8 nitrogen and oxygen atoms in total. The average Bonchev–Trinajstić information content (AvgIpc) is 2.79. The van der Waals surface area contributed by atoms with Crippen molar-refractivity contribution < 1.29 is 14.4 Å². The Morgan fingerprint density at radius 2 is 2.33 bits per heavy atom. The fourth-order valence-corrected chi connectivity index (χ4v) is 2.25. The summed E-state index contributed by atoms with van der Waals surface area (Å²) in [7, 11) is -3.00. The molecule has 0 saturated carbocycles. The molecule has 0 atom stereocenters. The first-order chi connectivity index (χ1) is 8.45. The van der Waals surface area contributed by atoms with Gasteiger partial charge in [0, 0.05) is 19.8 Å². The summed E-state index contributed by atoms with van der Waals surface area (Å²) >= 11 is 0. The number of nitrogens with zero attached hydrogens (tertiary/aromatic N) is 3. The van der Waals surface area contributed by atoms with Crippen molar-refractivity contribution in [3.63, 3.8) is 0 Å². The lowest BCUT2D eigenvalue weighted by atomic mass is 10.2. The van der Waals surface area contributed by atoms with Gasteiger partial charge in [0.1, 0.15) is 0 Å². The van der Waals surface area contributed by atoms with Crippen LogP contribution in [-0.2, 0) is 11.0 Å². The summed E-state index contributed by atoms with van der Waals surface area (Å²) in [5, 5.41) is 0. The third-order valence-electron chi connectivity index (χ3n) is 2.42. The summed E-state index contributed by atoms with van der Waals surface area (Å²) in [4.78, 5) is 28.7. The number of aromatic amines is 1. The van der Waals surface area contributed by atoms with Crippen molar-refractivity contribution in [1.82, 2.24) is 14.6 Å². The van der Waals surface area contributed by atoms with E-state index in [0.29, 0.717) is 6.42 Å². The van der Waals surface area contributed by atoms with Gasteiger partial charge in [0.05, 0.1) is 12.0 Å². The van der Waals surface area contributed by atoms with Crippen LogP contribution in [0.2, 0.25) is 0 Å². The topological polar surface area (TPSA) is 128 Å². The van der Waals surface area contributed by atoms with Gasteiger partial charge in [-0.2, -0.15) is 0 Å². The predicted molar refractivity (Wildman–Crippen MR) is 67.8 cm³/mol. The number of hydrogen-bond donors (Lipinski definition) is 4. The molecule has 0 bridgehead atoms. The molecule has 0 unspecified atom stereocenters. The first-order valence-electron chi connectivity index (χ1n) is 5.48. The maximum absolute atomic E-state index is 11.2. The van der Waals surface area contributed by atoms with E-state index in [2.05, 4.69) is 15.0 Å². The largest absolute Gasteiger partial charge is 0.432 e. The fraction of sp³-hybridized carbons (Fsp3) is 0.556. The van der Waals surface area contributed by atoms with E-state index in [1.807, 2.05) is 0 Å². The van der Waals surface area contributed by atoms with E-state index >= 15 is 0 Å². The molecule has 0 aliphatic rings. The molecular weight excluding hydrogens is 257 g/mol. The number of nitrogens with two attached hydrogens (primary N) is 1. The number of hydrogen-bond acceptors (Lipinski definition) is 3. The number of aryl methyl sites for hydroxylation is 1. The Hall–Kier alpha value is -1.37. The van der Waals surface area contributed by atoms with Crippen LogP contribution in [0.3, 0.4) is 0 Å². The number of aromatic nitrogens is 2. The van der Waals surface area contributed by atoms with Crippen LogP contribution in [-0.4, -0.2) is 44.0 Å². The van der Waals surface area contributed by atoms with Crippen LogP contribution < -0.4 is 5.73 Å². The molecule has 1 heterocycles. The molecule has 1 rings (SSSR count). The molecule has 18 heavy (non-hydrogen) atoms. The van der Waals surface area contributed by atoms with Crippen LogP contribution in [0.5, 0.6) is 0 Å². The molecule has 0 radical (unpaired) electrons. The van der Waals surface area contributed by atoms with E-state index < -0.39 is 7.75 Å². The van der Waals surface area contributed by atoms with Crippen LogP contribution in [0.4, 0.5) is 0 Å². The number of aliphatic imine (C=N–C) groups is 1. The third kappa shape index (κ3) is 4.48. The van der Waals surface area contributed by atoms with Crippen molar-refractivity contribution >= 4 is 13.7 Å². The summed E-state index contributed by atoms with van der Waals surface area (Å²) in [6.45, 7) is 0.165. The van der Waals surface area contributed by atoms with E-state index in [9.17, 15) is 4.57 Å². The number of unbranched alkanes of at least 4 members (excludes halogenated alkanes) is 1. The number of guanidine groups is 1. The lowest BCUT2D eigenvalue weighted by Gasteiger charge is -2.23. The summed E-state index contributed by atoms with van der Waals surface area (Å²) in [6.07, 6.45) is 5.50. The van der Waals surface area contributed by atoms with Gasteiger partial charge in [-0.05, 0) is 19.3 Å². The Kier molecular flexibility index (Phi) is 5.33. The van der Waals surface area contributed by atoms with E-state index in [1.165, 1.54) is 7.05 Å². The number of rotatable bonds is 6. The average molecular weight is 275 g/mol. The van der Waals surface area contributed by atoms with Crippen molar-refractivity contribution in [3.05, 3.63) is 18.2 Å². The minimum atomic E-state index is -4.39. The Morgan fingerprint density at radius 3 is 2.83 bits per heavy atom. The van der Waals surface area contributed by atoms with Crippen molar-refractivity contribution in [2.45, 2.75) is 19.3 Å². The molecular formula is C9H18N5O3P. The molecule has 0 fully saturated rings. The summed E-state index contributed by atoms with van der Waals surface area (Å²) in [5.74, 6) is -0.150. The van der Waals surface area contributed by atoms with Crippen LogP contribution in [0.15, 0.2) is 17.5 Å². The van der Waals surface area contributed by atoms with Crippen molar-refractivity contribution in [3.8, 4) is 0 Å². The maximum Gasteiger partial charge on any atom is 0.432 e. The van der Waals surface area contributed by atoms with Gasteiger partial charge in [-0.15, -0.1) is 0 Å². The van der Waals surface area contributed by atoms with Crippen LogP contribution >= 0.6 is 7.75 Å². The lowest BCUT2D eigenvalue weighted by molar-refractivity contribution is 0.312. The fourth-order valence-electron chi connectivity index (χ4n) is 1.49. The van der Waals surface area contributed by atoms with Gasteiger partial charge in [0.2, 0.25) is 0 Å². The number of imidazole rings is 1. The quantitative estimate of drug-likeness (QED) is 0.252. The van der Waals surface area contributed by atoms with Crippen LogP contribution in [0.25, 0.3) is 0 Å². The molecule has 0 aliphatic heterocycles. The van der Waals surface area contributed by atoms with Crippen molar-refractivity contribution in [1.29, 1.82) is 0 Å². The second kappa shape index (κ2) is 6.53. The molecule has 1 aromatic heterocycles. The Morgan fingerprint density at radius 1 is 1.61 bits per heavy atom. The standard InChI is InChI=1S/C9H18N5O3P/c1-11-9(10)14(18(15,16)17)5-3-2-4-8-6-12-7-13-8/h6-7H,2-5H2,1H3,(H2,10,11)(H,12,13)(H2,15,16,17). The third-order valence-corrected chi connectivity index (χ3v) is 3.45. The van der Waals surface area contributed by atoms with Crippen molar-refractivity contribution in [2.24, 2.45) is 10.7 Å². The summed E-state index contributed by atoms with van der Waals surface area (Å²) in [6, 6.07) is 0. The smallest absolute Gasteiger partial charge is 0.369 e. The number of H-pyrrole nitrogens is 1. The molecule has 102 valence electrons. The summed E-state index contributed by atoms with van der Waals surface area (Å²) < 4.78 is 12.0. The molecule has 0 aromatic carbocycles. The Balaban J connectivity index is 2.41. The van der Waals surface area contributed by atoms with Crippen molar-refractivity contribution in [2.75, 3.05) is 13.6 Å². The molecule has 0 aliphatic carbocycles. The van der Waals surface area contributed by atoms with Gasteiger partial charge in [-0.25, -0.2) is 14.2 Å². The zero-order chi connectivity index (χ0) is 13.6. The van der Waals surface area contributed by atoms with E-state index in [-0.39, 0.29) is 12.5 Å². The van der Waals surface area contributed by atoms with Gasteiger partial charge in [0.25, 0.3) is 0 Å². The molecule has 5 N–H and O–H groups in total. The zero-order valence-electron chi connectivity index (χ0n) is 10.2. The molecule has 0 amide bonds.